The third kappa shape index (κ3) is 2.97. The number of nitrogens with zero attached hydrogens (tertiary/aromatic N) is 3. The molecule has 2 aliphatic heterocycles. The number of carboxylic acids is 1. The fourth-order valence-electron chi connectivity index (χ4n) is 2.47. The molecule has 0 spiro atoms. The van der Waals surface area contributed by atoms with Gasteiger partial charge in [0, 0.05) is 33.2 Å². The van der Waals surface area contributed by atoms with Crippen molar-refractivity contribution >= 4 is 17.9 Å². The molecule has 0 aromatic heterocycles. The van der Waals surface area contributed by atoms with E-state index in [-0.39, 0.29) is 25.0 Å². The lowest BCUT2D eigenvalue weighted by Crippen LogP contribution is -2.56. The average molecular weight is 269 g/mol. The molecule has 0 bridgehead atoms. The summed E-state index contributed by atoms with van der Waals surface area (Å²) in [6, 6.07) is -0.215. The van der Waals surface area contributed by atoms with Crippen LogP contribution in [-0.2, 0) is 9.59 Å². The van der Waals surface area contributed by atoms with Crippen LogP contribution in [-0.4, -0.2) is 77.5 Å². The van der Waals surface area contributed by atoms with Gasteiger partial charge in [0.25, 0.3) is 0 Å². The number of hydrogen-bond acceptors (Lipinski definition) is 3. The summed E-state index contributed by atoms with van der Waals surface area (Å²) in [5, 5.41) is 9.01. The Labute approximate surface area is 111 Å². The Hall–Kier alpha value is -1.79. The number of piperazine rings is 1. The second-order valence-corrected chi connectivity index (χ2v) is 5.14. The molecule has 1 atom stereocenters. The van der Waals surface area contributed by atoms with Gasteiger partial charge in [-0.25, -0.2) is 4.79 Å². The maximum Gasteiger partial charge on any atom is 0.320 e. The number of rotatable bonds is 1. The zero-order valence-electron chi connectivity index (χ0n) is 11.0. The molecule has 0 unspecified atom stereocenters. The molecule has 0 saturated carbocycles. The number of carboxylic acid groups (broad SMARTS) is 1. The van der Waals surface area contributed by atoms with Gasteiger partial charge in [0.05, 0.1) is 5.92 Å². The molecule has 0 aromatic carbocycles. The van der Waals surface area contributed by atoms with Crippen molar-refractivity contribution in [1.82, 2.24) is 14.7 Å². The third-order valence-corrected chi connectivity index (χ3v) is 3.77. The number of carbonyl (C=O) groups is 3. The molecule has 0 aromatic rings. The molecule has 0 radical (unpaired) electrons. The molecule has 1 N–H and O–H groups in total. The van der Waals surface area contributed by atoms with Gasteiger partial charge in [0.2, 0.25) is 5.91 Å². The molecule has 7 nitrogen and oxygen atoms in total. The smallest absolute Gasteiger partial charge is 0.320 e. The lowest BCUT2D eigenvalue weighted by Gasteiger charge is -2.38. The van der Waals surface area contributed by atoms with Crippen molar-refractivity contribution < 1.29 is 19.5 Å². The van der Waals surface area contributed by atoms with E-state index in [1.807, 2.05) is 0 Å². The first kappa shape index (κ1) is 13.6. The maximum absolute atomic E-state index is 12.3. The molecule has 2 fully saturated rings. The fourth-order valence-corrected chi connectivity index (χ4v) is 2.47. The van der Waals surface area contributed by atoms with Crippen LogP contribution in [0.2, 0.25) is 0 Å². The summed E-state index contributed by atoms with van der Waals surface area (Å²) in [6.45, 7) is 1.94. The molecule has 2 rings (SSSR count). The SMILES string of the molecule is CN1CCN(C(=O)N2CCC[C@H](C(=O)O)C2)CC1=O. The highest BCUT2D eigenvalue weighted by Gasteiger charge is 2.32. The highest BCUT2D eigenvalue weighted by Crippen LogP contribution is 2.18. The van der Waals surface area contributed by atoms with E-state index in [0.717, 1.165) is 0 Å². The Bertz CT molecular complexity index is 398. The number of hydrogen-bond donors (Lipinski definition) is 1. The summed E-state index contributed by atoms with van der Waals surface area (Å²) in [4.78, 5) is 39.5. The minimum absolute atomic E-state index is 0.0774. The quantitative estimate of drug-likeness (QED) is 0.707. The van der Waals surface area contributed by atoms with Gasteiger partial charge in [0.15, 0.2) is 0 Å². The maximum atomic E-state index is 12.3. The Kier molecular flexibility index (Phi) is 3.92. The minimum Gasteiger partial charge on any atom is -0.481 e. The second kappa shape index (κ2) is 5.46. The van der Waals surface area contributed by atoms with Gasteiger partial charge in [-0.2, -0.15) is 0 Å². The number of piperidine rings is 1. The number of likely N-dealkylation sites (tertiary alicyclic amines) is 1. The molecule has 2 heterocycles. The van der Waals surface area contributed by atoms with Crippen LogP contribution in [0.5, 0.6) is 0 Å². The molecular weight excluding hydrogens is 250 g/mol. The monoisotopic (exact) mass is 269 g/mol. The Morgan fingerprint density at radius 3 is 2.58 bits per heavy atom. The van der Waals surface area contributed by atoms with Crippen LogP contribution >= 0.6 is 0 Å². The van der Waals surface area contributed by atoms with Crippen molar-refractivity contribution in [2.45, 2.75) is 12.8 Å². The van der Waals surface area contributed by atoms with Crippen molar-refractivity contribution in [3.8, 4) is 0 Å². The standard InChI is InChI=1S/C12H19N3O4/c1-13-5-6-15(8-10(13)16)12(19)14-4-2-3-9(7-14)11(17)18/h9H,2-8H2,1H3,(H,17,18)/t9-/m0/s1. The van der Waals surface area contributed by atoms with Gasteiger partial charge in [-0.05, 0) is 12.8 Å². The van der Waals surface area contributed by atoms with E-state index < -0.39 is 11.9 Å². The van der Waals surface area contributed by atoms with E-state index in [1.165, 1.54) is 4.90 Å². The van der Waals surface area contributed by atoms with Crippen molar-refractivity contribution in [3.63, 3.8) is 0 Å². The van der Waals surface area contributed by atoms with Crippen LogP contribution in [0.15, 0.2) is 0 Å². The molecule has 0 aliphatic carbocycles. The lowest BCUT2D eigenvalue weighted by molar-refractivity contribution is -0.143. The summed E-state index contributed by atoms with van der Waals surface area (Å²) in [5.74, 6) is -1.42. The van der Waals surface area contributed by atoms with E-state index in [4.69, 9.17) is 5.11 Å². The van der Waals surface area contributed by atoms with Crippen molar-refractivity contribution in [3.05, 3.63) is 0 Å². The van der Waals surface area contributed by atoms with Crippen LogP contribution in [0.4, 0.5) is 4.79 Å². The predicted octanol–water partition coefficient (Wildman–Crippen LogP) is -0.323. The Balaban J connectivity index is 1.96. The van der Waals surface area contributed by atoms with Crippen LogP contribution in [0.1, 0.15) is 12.8 Å². The first-order valence-corrected chi connectivity index (χ1v) is 6.49. The fraction of sp³-hybridized carbons (Fsp3) is 0.750. The van der Waals surface area contributed by atoms with Gasteiger partial charge < -0.3 is 19.8 Å². The van der Waals surface area contributed by atoms with E-state index in [2.05, 4.69) is 0 Å². The molecular formula is C12H19N3O4. The van der Waals surface area contributed by atoms with Crippen LogP contribution < -0.4 is 0 Å². The summed E-state index contributed by atoms with van der Waals surface area (Å²) >= 11 is 0. The van der Waals surface area contributed by atoms with Crippen molar-refractivity contribution in [1.29, 1.82) is 0 Å². The predicted molar refractivity (Wildman–Crippen MR) is 66.5 cm³/mol. The van der Waals surface area contributed by atoms with E-state index in [9.17, 15) is 14.4 Å². The topological polar surface area (TPSA) is 81.2 Å². The van der Waals surface area contributed by atoms with Crippen LogP contribution in [0.3, 0.4) is 0 Å². The summed E-state index contributed by atoms with van der Waals surface area (Å²) in [6.07, 6.45) is 1.31. The highest BCUT2D eigenvalue weighted by molar-refractivity contribution is 5.85. The number of carbonyl (C=O) groups excluding carboxylic acids is 2. The van der Waals surface area contributed by atoms with E-state index in [1.54, 1.807) is 16.8 Å². The largest absolute Gasteiger partial charge is 0.481 e. The van der Waals surface area contributed by atoms with Crippen molar-refractivity contribution in [2.75, 3.05) is 39.8 Å². The summed E-state index contributed by atoms with van der Waals surface area (Å²) in [7, 11) is 1.71. The first-order chi connectivity index (χ1) is 8.99. The zero-order valence-corrected chi connectivity index (χ0v) is 11.0. The van der Waals surface area contributed by atoms with Crippen molar-refractivity contribution in [2.24, 2.45) is 5.92 Å². The molecule has 19 heavy (non-hydrogen) atoms. The summed E-state index contributed by atoms with van der Waals surface area (Å²) < 4.78 is 0. The molecule has 2 aliphatic rings. The average Bonchev–Trinajstić information content (AvgIpc) is 2.41. The molecule has 3 amide bonds. The van der Waals surface area contributed by atoms with Gasteiger partial charge in [-0.15, -0.1) is 0 Å². The normalized spacial score (nSPS) is 24.6. The third-order valence-electron chi connectivity index (χ3n) is 3.77. The minimum atomic E-state index is -0.855. The Morgan fingerprint density at radius 1 is 1.21 bits per heavy atom. The number of urea groups is 1. The number of aliphatic carboxylic acids is 1. The van der Waals surface area contributed by atoms with E-state index >= 15 is 0 Å². The lowest BCUT2D eigenvalue weighted by atomic mass is 9.98. The highest BCUT2D eigenvalue weighted by atomic mass is 16.4. The second-order valence-electron chi connectivity index (χ2n) is 5.14. The van der Waals surface area contributed by atoms with Gasteiger partial charge >= 0.3 is 12.0 Å². The van der Waals surface area contributed by atoms with Crippen LogP contribution in [0.25, 0.3) is 0 Å². The van der Waals surface area contributed by atoms with Crippen LogP contribution in [0, 0.1) is 5.92 Å². The first-order valence-electron chi connectivity index (χ1n) is 6.49. The Morgan fingerprint density at radius 2 is 1.95 bits per heavy atom. The zero-order chi connectivity index (χ0) is 14.0. The number of amides is 3. The number of likely N-dealkylation sites (N-methyl/N-ethyl adjacent to an activating group) is 1. The summed E-state index contributed by atoms with van der Waals surface area (Å²) in [5.41, 5.74) is 0. The van der Waals surface area contributed by atoms with Gasteiger partial charge in [0.1, 0.15) is 6.54 Å². The van der Waals surface area contributed by atoms with E-state index in [0.29, 0.717) is 32.5 Å². The molecule has 106 valence electrons. The molecule has 2 saturated heterocycles. The molecule has 7 heteroatoms. The van der Waals surface area contributed by atoms with Gasteiger partial charge in [-0.3, -0.25) is 9.59 Å². The van der Waals surface area contributed by atoms with Gasteiger partial charge in [-0.1, -0.05) is 0 Å².